The van der Waals surface area contributed by atoms with Crippen LogP contribution in [0.25, 0.3) is 0 Å². The molecule has 0 heterocycles. The van der Waals surface area contributed by atoms with Crippen LogP contribution in [0, 0.1) is 0 Å². The van der Waals surface area contributed by atoms with Crippen molar-refractivity contribution < 1.29 is 60.2 Å². The van der Waals surface area contributed by atoms with E-state index in [1.165, 1.54) is 0 Å². The van der Waals surface area contributed by atoms with E-state index in [1.807, 2.05) is 0 Å². The zero-order valence-corrected chi connectivity index (χ0v) is 27.0. The van der Waals surface area contributed by atoms with Crippen LogP contribution in [0.5, 0.6) is 0 Å². The van der Waals surface area contributed by atoms with E-state index in [2.05, 4.69) is 7.56 Å². The second-order valence-electron chi connectivity index (χ2n) is 8.20. The summed E-state index contributed by atoms with van der Waals surface area (Å²) in [6.07, 6.45) is -19.6. The molecule has 0 rings (SSSR count). The third kappa shape index (κ3) is 6.44. The van der Waals surface area contributed by atoms with E-state index in [0.29, 0.717) is 0 Å². The fraction of sp³-hybridized carbons (Fsp3) is 1.00. The molecule has 224 valence electrons. The van der Waals surface area contributed by atoms with Gasteiger partial charge in [-0.15, -0.1) is 0 Å². The number of hydrogen-bond acceptors (Lipinski definition) is 3. The molecule has 3 nitrogen and oxygen atoms in total. The summed E-state index contributed by atoms with van der Waals surface area (Å²) in [6, 6.07) is 0. The van der Waals surface area contributed by atoms with E-state index in [1.54, 1.807) is 0 Å². The predicted octanol–water partition coefficient (Wildman–Crippen LogP) is 7.65. The van der Waals surface area contributed by atoms with E-state index >= 15 is 35.1 Å². The Bertz CT molecular complexity index is 601. The van der Waals surface area contributed by atoms with Crippen molar-refractivity contribution in [3.63, 3.8) is 0 Å². The Morgan fingerprint density at radius 1 is 0.459 bits per heavy atom. The summed E-state index contributed by atoms with van der Waals surface area (Å²) in [5, 5.41) is 0. The van der Waals surface area contributed by atoms with Gasteiger partial charge in [0.05, 0.1) is 0 Å². The fourth-order valence-corrected chi connectivity index (χ4v) is 41.2. The van der Waals surface area contributed by atoms with Gasteiger partial charge in [0, 0.05) is 0 Å². The van der Waals surface area contributed by atoms with E-state index in [9.17, 15) is 17.6 Å². The van der Waals surface area contributed by atoms with Gasteiger partial charge < -0.3 is 0 Å². The van der Waals surface area contributed by atoms with Crippen molar-refractivity contribution in [1.29, 1.82) is 0 Å². The maximum atomic E-state index is 15.6. The van der Waals surface area contributed by atoms with Crippen LogP contribution >= 0.6 is 0 Å². The average molecular weight is 788 g/mol. The first-order valence-corrected chi connectivity index (χ1v) is 22.2. The van der Waals surface area contributed by atoms with Gasteiger partial charge in [-0.1, -0.05) is 0 Å². The molecule has 0 aromatic carbocycles. The average Bonchev–Trinajstić information content (AvgIpc) is 2.84. The SMILES string of the molecule is CC[O][Sn]([O][Sn]([O]CC)([C](F)(F)C(F)CC)[C](F)(F)C(F)CC)([C](F)(F)C(F)CC)[C](F)(F)C(F)CC. The van der Waals surface area contributed by atoms with E-state index in [0.717, 1.165) is 41.5 Å². The summed E-state index contributed by atoms with van der Waals surface area (Å²) >= 11 is -17.6. The van der Waals surface area contributed by atoms with Gasteiger partial charge in [-0.2, -0.15) is 0 Å². The molecule has 4 unspecified atom stereocenters. The Hall–Kier alpha value is 0.637. The van der Waals surface area contributed by atoms with Crippen molar-refractivity contribution in [3.05, 3.63) is 0 Å². The van der Waals surface area contributed by atoms with Crippen molar-refractivity contribution in [3.8, 4) is 0 Å². The normalized spacial score (nSPS) is 20.6. The number of halogens is 12. The molecule has 0 spiro atoms. The zero-order valence-electron chi connectivity index (χ0n) is 21.3. The van der Waals surface area contributed by atoms with Gasteiger partial charge in [0.25, 0.3) is 0 Å². The standard InChI is InChI=1S/4C4H6F3.2C2H5O.O.2Sn/c4*1-2-3(5)4(6)7;2*1-2-3;;;/h4*3H,2H2,1H3;2*2H2,1H3;;;/q;;;;2*-1;;2*+1. The molecule has 17 heteroatoms. The molecular formula is C20H34F12O3Sn2. The fourth-order valence-electron chi connectivity index (χ4n) is 3.62. The number of alkyl halides is 12. The molecule has 0 saturated carbocycles. The summed E-state index contributed by atoms with van der Waals surface area (Å²) in [6.45, 7) is 1.96. The quantitative estimate of drug-likeness (QED) is 0.106. The molecule has 0 aromatic rings. The molecule has 0 aromatic heterocycles. The van der Waals surface area contributed by atoms with Crippen LogP contribution in [0.2, 0.25) is 0 Å². The van der Waals surface area contributed by atoms with Crippen LogP contribution in [0.3, 0.4) is 0 Å². The molecule has 4 atom stereocenters. The van der Waals surface area contributed by atoms with Crippen LogP contribution in [0.4, 0.5) is 52.7 Å². The summed E-state index contributed by atoms with van der Waals surface area (Å²) in [7, 11) is 0. The maximum absolute atomic E-state index is 15.6. The van der Waals surface area contributed by atoms with Gasteiger partial charge in [-0.3, -0.25) is 0 Å². The number of hydrogen-bond donors (Lipinski definition) is 0. The van der Waals surface area contributed by atoms with E-state index in [-0.39, 0.29) is 0 Å². The van der Waals surface area contributed by atoms with Gasteiger partial charge in [-0.25, -0.2) is 0 Å². The van der Waals surface area contributed by atoms with Crippen LogP contribution in [-0.4, -0.2) is 92.1 Å². The molecule has 0 aliphatic rings. The monoisotopic (exact) mass is 790 g/mol. The van der Waals surface area contributed by atoms with Crippen LogP contribution in [-0.2, 0) is 7.56 Å². The summed E-state index contributed by atoms with van der Waals surface area (Å²) in [4.78, 5) is 0. The van der Waals surface area contributed by atoms with Gasteiger partial charge in [-0.05, 0) is 0 Å². The molecule has 0 N–H and O–H groups in total. The molecule has 0 fully saturated rings. The Balaban J connectivity index is 8.08. The first-order chi connectivity index (χ1) is 16.8. The molecule has 0 saturated heterocycles. The third-order valence-corrected chi connectivity index (χ3v) is 36.0. The van der Waals surface area contributed by atoms with Gasteiger partial charge in [0.2, 0.25) is 0 Å². The predicted molar refractivity (Wildman–Crippen MR) is 116 cm³/mol. The van der Waals surface area contributed by atoms with Gasteiger partial charge in [0.1, 0.15) is 0 Å². The first-order valence-electron chi connectivity index (χ1n) is 11.8. The van der Waals surface area contributed by atoms with Crippen molar-refractivity contribution in [2.24, 2.45) is 0 Å². The Labute approximate surface area is 218 Å². The molecule has 0 amide bonds. The third-order valence-electron chi connectivity index (χ3n) is 5.75. The van der Waals surface area contributed by atoms with Crippen LogP contribution < -0.4 is 0 Å². The van der Waals surface area contributed by atoms with Crippen LogP contribution in [0.15, 0.2) is 0 Å². The van der Waals surface area contributed by atoms with Crippen LogP contribution in [0.1, 0.15) is 67.2 Å². The van der Waals surface area contributed by atoms with Gasteiger partial charge in [0.15, 0.2) is 0 Å². The van der Waals surface area contributed by atoms with E-state index < -0.39 is 118 Å². The minimum atomic E-state index is -8.79. The molecule has 0 bridgehead atoms. The topological polar surface area (TPSA) is 27.7 Å². The van der Waals surface area contributed by atoms with Crippen molar-refractivity contribution in [2.45, 2.75) is 108 Å². The zero-order chi connectivity index (χ0) is 29.7. The first kappa shape index (κ1) is 37.6. The Kier molecular flexibility index (Phi) is 14.2. The molecule has 0 radical (unpaired) electrons. The van der Waals surface area contributed by atoms with Crippen molar-refractivity contribution >= 4 is 38.4 Å². The second-order valence-corrected chi connectivity index (χ2v) is 29.0. The molecule has 0 aliphatic heterocycles. The summed E-state index contributed by atoms with van der Waals surface area (Å²) in [5.74, 6) is 0. The molecule has 37 heavy (non-hydrogen) atoms. The minimum absolute atomic E-state index is 0.734. The number of rotatable bonds is 18. The van der Waals surface area contributed by atoms with E-state index in [4.69, 9.17) is 0 Å². The van der Waals surface area contributed by atoms with Crippen molar-refractivity contribution in [2.75, 3.05) is 13.2 Å². The second kappa shape index (κ2) is 14.0. The molecule has 0 aliphatic carbocycles. The Morgan fingerprint density at radius 2 is 0.649 bits per heavy atom. The molecular weight excluding hydrogens is 754 g/mol. The van der Waals surface area contributed by atoms with Crippen molar-refractivity contribution in [1.82, 2.24) is 0 Å². The van der Waals surface area contributed by atoms with Gasteiger partial charge >= 0.3 is 220 Å². The Morgan fingerprint density at radius 3 is 0.784 bits per heavy atom. The summed E-state index contributed by atoms with van der Waals surface area (Å²) < 4.78 is 174. The summed E-state index contributed by atoms with van der Waals surface area (Å²) in [5.41, 5.74) is 0.